The second-order valence-corrected chi connectivity index (χ2v) is 5.08. The highest BCUT2D eigenvalue weighted by Gasteiger charge is 2.37. The van der Waals surface area contributed by atoms with Gasteiger partial charge in [-0.25, -0.2) is 4.79 Å². The first kappa shape index (κ1) is 16.7. The Morgan fingerprint density at radius 2 is 1.83 bits per heavy atom. The summed E-state index contributed by atoms with van der Waals surface area (Å²) in [6.45, 7) is 2.81. The molecule has 6 heteroatoms. The maximum atomic E-state index is 12.0. The summed E-state index contributed by atoms with van der Waals surface area (Å²) in [4.78, 5) is 34.0. The van der Waals surface area contributed by atoms with Gasteiger partial charge < -0.3 is 14.2 Å². The number of hydrogen-bond donors (Lipinski definition) is 0. The molecule has 0 saturated carbocycles. The minimum absolute atomic E-state index is 0.0683. The molecule has 6 nitrogen and oxygen atoms in total. The Balaban J connectivity index is 2.21. The second kappa shape index (κ2) is 7.58. The fourth-order valence-corrected chi connectivity index (χ4v) is 2.36. The molecule has 0 bridgehead atoms. The summed E-state index contributed by atoms with van der Waals surface area (Å²) in [7, 11) is 0. The summed E-state index contributed by atoms with van der Waals surface area (Å²) >= 11 is 0. The lowest BCUT2D eigenvalue weighted by atomic mass is 9.97. The number of ether oxygens (including phenoxy) is 3. The van der Waals surface area contributed by atoms with Gasteiger partial charge >= 0.3 is 17.9 Å². The van der Waals surface area contributed by atoms with Gasteiger partial charge in [-0.2, -0.15) is 0 Å². The van der Waals surface area contributed by atoms with Crippen molar-refractivity contribution in [3.05, 3.63) is 41.7 Å². The highest BCUT2D eigenvalue weighted by Crippen LogP contribution is 2.34. The normalized spacial score (nSPS) is 17.0. The number of esters is 3. The van der Waals surface area contributed by atoms with Crippen molar-refractivity contribution >= 4 is 23.5 Å². The molecular formula is C17H18O6. The Bertz CT molecular complexity index is 632. The van der Waals surface area contributed by atoms with Crippen LogP contribution < -0.4 is 0 Å². The molecule has 1 aliphatic rings. The fraction of sp³-hybridized carbons (Fsp3) is 0.353. The first-order valence-corrected chi connectivity index (χ1v) is 7.31. The van der Waals surface area contributed by atoms with Gasteiger partial charge in [0.2, 0.25) is 5.76 Å². The summed E-state index contributed by atoms with van der Waals surface area (Å²) < 4.78 is 15.2. The minimum atomic E-state index is -0.656. The van der Waals surface area contributed by atoms with Crippen molar-refractivity contribution in [2.45, 2.75) is 32.8 Å². The van der Waals surface area contributed by atoms with Gasteiger partial charge in [0.1, 0.15) is 6.10 Å². The van der Waals surface area contributed by atoms with Crippen molar-refractivity contribution in [2.24, 2.45) is 0 Å². The van der Waals surface area contributed by atoms with Crippen LogP contribution in [0.25, 0.3) is 5.57 Å². The monoisotopic (exact) mass is 318 g/mol. The number of benzene rings is 1. The molecule has 1 unspecified atom stereocenters. The average Bonchev–Trinajstić information content (AvgIpc) is 2.80. The van der Waals surface area contributed by atoms with Crippen molar-refractivity contribution in [1.29, 1.82) is 0 Å². The van der Waals surface area contributed by atoms with Crippen LogP contribution >= 0.6 is 0 Å². The molecule has 0 amide bonds. The maximum absolute atomic E-state index is 12.0. The highest BCUT2D eigenvalue weighted by atomic mass is 16.6. The Hall–Kier alpha value is -2.63. The Morgan fingerprint density at radius 3 is 2.43 bits per heavy atom. The van der Waals surface area contributed by atoms with Gasteiger partial charge in [0, 0.05) is 13.8 Å². The Kier molecular flexibility index (Phi) is 5.51. The molecule has 1 heterocycles. The molecule has 0 spiro atoms. The maximum Gasteiger partial charge on any atom is 0.375 e. The standard InChI is InChI=1S/C17H18O6/c1-11(18)21-10-6-9-14-15(13-7-4-3-5-8-13)16(17(20)23-14)22-12(2)19/h3-5,7-8,14H,6,9-10H2,1-2H3. The van der Waals surface area contributed by atoms with Crippen molar-refractivity contribution < 1.29 is 28.6 Å². The van der Waals surface area contributed by atoms with E-state index in [1.807, 2.05) is 30.3 Å². The predicted molar refractivity (Wildman–Crippen MR) is 80.9 cm³/mol. The Labute approximate surface area is 134 Å². The summed E-state index contributed by atoms with van der Waals surface area (Å²) in [6.07, 6.45) is 0.463. The van der Waals surface area contributed by atoms with Crippen molar-refractivity contribution in [3.8, 4) is 0 Å². The van der Waals surface area contributed by atoms with Gasteiger partial charge in [-0.1, -0.05) is 30.3 Å². The van der Waals surface area contributed by atoms with Crippen molar-refractivity contribution in [2.75, 3.05) is 6.61 Å². The number of carbonyl (C=O) groups excluding carboxylic acids is 3. The molecule has 0 saturated heterocycles. The molecule has 0 aliphatic carbocycles. The van der Waals surface area contributed by atoms with E-state index in [2.05, 4.69) is 0 Å². The summed E-state index contributed by atoms with van der Waals surface area (Å²) in [5, 5.41) is 0. The van der Waals surface area contributed by atoms with Crippen molar-refractivity contribution in [3.63, 3.8) is 0 Å². The van der Waals surface area contributed by atoms with Gasteiger partial charge in [0.25, 0.3) is 0 Å². The average molecular weight is 318 g/mol. The summed E-state index contributed by atoms with van der Waals surface area (Å²) in [5.41, 5.74) is 1.31. The molecule has 0 N–H and O–H groups in total. The lowest BCUT2D eigenvalue weighted by molar-refractivity contribution is -0.149. The molecule has 2 rings (SSSR count). The van der Waals surface area contributed by atoms with E-state index in [1.165, 1.54) is 13.8 Å². The minimum Gasteiger partial charge on any atom is -0.466 e. The Morgan fingerprint density at radius 1 is 1.13 bits per heavy atom. The van der Waals surface area contributed by atoms with Crippen LogP contribution in [0, 0.1) is 0 Å². The summed E-state index contributed by atoms with van der Waals surface area (Å²) in [5.74, 6) is -1.66. The molecule has 0 aromatic heterocycles. The van der Waals surface area contributed by atoms with Crippen LogP contribution in [0.15, 0.2) is 36.1 Å². The smallest absolute Gasteiger partial charge is 0.375 e. The SMILES string of the molecule is CC(=O)OCCCC1OC(=O)C(OC(C)=O)=C1c1ccccc1. The van der Waals surface area contributed by atoms with Crippen LogP contribution in [-0.2, 0) is 28.6 Å². The fourth-order valence-electron chi connectivity index (χ4n) is 2.36. The lowest BCUT2D eigenvalue weighted by Crippen LogP contribution is -2.13. The number of hydrogen-bond acceptors (Lipinski definition) is 6. The molecule has 0 fully saturated rings. The first-order chi connectivity index (χ1) is 11.0. The van der Waals surface area contributed by atoms with Gasteiger partial charge in [-0.3, -0.25) is 9.59 Å². The van der Waals surface area contributed by atoms with Crippen LogP contribution in [0.3, 0.4) is 0 Å². The predicted octanol–water partition coefficient (Wildman–Crippen LogP) is 2.23. The molecular weight excluding hydrogens is 300 g/mol. The summed E-state index contributed by atoms with van der Waals surface area (Å²) in [6, 6.07) is 9.14. The van der Waals surface area contributed by atoms with E-state index in [0.29, 0.717) is 18.4 Å². The molecule has 1 aliphatic heterocycles. The van der Waals surface area contributed by atoms with Crippen LogP contribution in [0.4, 0.5) is 0 Å². The second-order valence-electron chi connectivity index (χ2n) is 5.08. The van der Waals surface area contributed by atoms with Crippen LogP contribution in [0.1, 0.15) is 32.3 Å². The number of carbonyl (C=O) groups is 3. The van der Waals surface area contributed by atoms with Gasteiger partial charge in [0.05, 0.1) is 12.2 Å². The van der Waals surface area contributed by atoms with E-state index in [9.17, 15) is 14.4 Å². The molecule has 23 heavy (non-hydrogen) atoms. The third kappa shape index (κ3) is 4.42. The third-order valence-electron chi connectivity index (χ3n) is 3.25. The van der Waals surface area contributed by atoms with Crippen LogP contribution in [0.2, 0.25) is 0 Å². The molecule has 1 aromatic rings. The molecule has 1 atom stereocenters. The zero-order valence-corrected chi connectivity index (χ0v) is 13.0. The highest BCUT2D eigenvalue weighted by molar-refractivity contribution is 6.02. The molecule has 1 aromatic carbocycles. The van der Waals surface area contributed by atoms with E-state index in [1.54, 1.807) is 0 Å². The van der Waals surface area contributed by atoms with Crippen molar-refractivity contribution in [1.82, 2.24) is 0 Å². The largest absolute Gasteiger partial charge is 0.466 e. The van der Waals surface area contributed by atoms with E-state index < -0.39 is 18.0 Å². The topological polar surface area (TPSA) is 78.9 Å². The number of cyclic esters (lactones) is 1. The van der Waals surface area contributed by atoms with Gasteiger partial charge in [0.15, 0.2) is 0 Å². The van der Waals surface area contributed by atoms with E-state index in [4.69, 9.17) is 14.2 Å². The first-order valence-electron chi connectivity index (χ1n) is 7.31. The van der Waals surface area contributed by atoms with E-state index in [-0.39, 0.29) is 18.3 Å². The van der Waals surface area contributed by atoms with Gasteiger partial charge in [-0.05, 0) is 18.4 Å². The lowest BCUT2D eigenvalue weighted by Gasteiger charge is -2.14. The van der Waals surface area contributed by atoms with Crippen LogP contribution in [-0.4, -0.2) is 30.6 Å². The zero-order valence-electron chi connectivity index (χ0n) is 13.0. The third-order valence-corrected chi connectivity index (χ3v) is 3.25. The quantitative estimate of drug-likeness (QED) is 0.455. The van der Waals surface area contributed by atoms with Gasteiger partial charge in [-0.15, -0.1) is 0 Å². The molecule has 122 valence electrons. The zero-order chi connectivity index (χ0) is 16.8. The molecule has 0 radical (unpaired) electrons. The van der Waals surface area contributed by atoms with Crippen LogP contribution in [0.5, 0.6) is 0 Å². The number of rotatable bonds is 6. The van der Waals surface area contributed by atoms with E-state index in [0.717, 1.165) is 5.56 Å². The van der Waals surface area contributed by atoms with E-state index >= 15 is 0 Å².